The van der Waals surface area contributed by atoms with Gasteiger partial charge in [0.15, 0.2) is 5.75 Å². The second-order valence-electron chi connectivity index (χ2n) is 1.91. The van der Waals surface area contributed by atoms with Crippen LogP contribution < -0.4 is 0 Å². The van der Waals surface area contributed by atoms with Crippen molar-refractivity contribution in [2.75, 3.05) is 0 Å². The minimum Gasteiger partial charge on any atom is -0.505 e. The molecule has 66 valence electrons. The van der Waals surface area contributed by atoms with Gasteiger partial charge in [0, 0.05) is 10.7 Å². The van der Waals surface area contributed by atoms with E-state index in [0.29, 0.717) is 4.60 Å². The summed E-state index contributed by atoms with van der Waals surface area (Å²) in [6.07, 6.45) is 0.999. The van der Waals surface area contributed by atoms with Gasteiger partial charge in [-0.2, -0.15) is 0 Å². The molecule has 0 saturated carbocycles. The highest BCUT2D eigenvalue weighted by Gasteiger charge is 2.15. The Morgan fingerprint density at radius 3 is 2.58 bits per heavy atom. The molecule has 0 atom stereocenters. The predicted octanol–water partition coefficient (Wildman–Crippen LogP) is 1.48. The zero-order valence-electron chi connectivity index (χ0n) is 5.53. The molecule has 0 amide bonds. The van der Waals surface area contributed by atoms with E-state index in [2.05, 4.69) is 20.9 Å². The average Bonchev–Trinajstić information content (AvgIpc) is 1.92. The van der Waals surface area contributed by atoms with Crippen LogP contribution in [0.5, 0.6) is 5.75 Å². The first kappa shape index (κ1) is 9.76. The smallest absolute Gasteiger partial charge is 0.265 e. The number of nitrogens with zero attached hydrogens (tertiary/aromatic N) is 1. The maximum atomic E-state index is 10.8. The zero-order chi connectivity index (χ0) is 9.35. The lowest BCUT2D eigenvalue weighted by Crippen LogP contribution is -1.92. The SMILES string of the molecule is O=S(=O)(Cl)c1cc(Br)ncc1O. The number of hydrogen-bond donors (Lipinski definition) is 1. The van der Waals surface area contributed by atoms with Crippen LogP contribution in [0.3, 0.4) is 0 Å². The summed E-state index contributed by atoms with van der Waals surface area (Å²) < 4.78 is 21.8. The number of aromatic nitrogens is 1. The van der Waals surface area contributed by atoms with Crippen LogP contribution in [-0.4, -0.2) is 18.5 Å². The standard InChI is InChI=1S/C5H3BrClNO3S/c6-5-1-4(12(7,10)11)3(9)2-8-5/h1-2,9H. The van der Waals surface area contributed by atoms with E-state index in [0.717, 1.165) is 12.3 Å². The van der Waals surface area contributed by atoms with Crippen LogP contribution in [0.1, 0.15) is 0 Å². The summed E-state index contributed by atoms with van der Waals surface area (Å²) in [7, 11) is 1.10. The molecular formula is C5H3BrClNO3S. The normalized spacial score (nSPS) is 11.5. The van der Waals surface area contributed by atoms with Crippen molar-refractivity contribution in [2.45, 2.75) is 4.90 Å². The van der Waals surface area contributed by atoms with Crippen molar-refractivity contribution in [3.63, 3.8) is 0 Å². The Kier molecular flexibility index (Phi) is 2.60. The van der Waals surface area contributed by atoms with Crippen molar-refractivity contribution in [1.82, 2.24) is 4.98 Å². The third-order valence-corrected chi connectivity index (χ3v) is 2.86. The quantitative estimate of drug-likeness (QED) is 0.621. The fourth-order valence-corrected chi connectivity index (χ4v) is 2.01. The lowest BCUT2D eigenvalue weighted by Gasteiger charge is -1.98. The van der Waals surface area contributed by atoms with E-state index < -0.39 is 14.8 Å². The molecule has 0 aliphatic heterocycles. The molecule has 0 aliphatic rings. The second kappa shape index (κ2) is 3.20. The molecular weight excluding hydrogens is 269 g/mol. The van der Waals surface area contributed by atoms with Gasteiger partial charge in [0.25, 0.3) is 9.05 Å². The van der Waals surface area contributed by atoms with Crippen molar-refractivity contribution in [2.24, 2.45) is 0 Å². The van der Waals surface area contributed by atoms with E-state index in [1.165, 1.54) is 0 Å². The summed E-state index contributed by atoms with van der Waals surface area (Å²) in [6.45, 7) is 0. The molecule has 1 aromatic heterocycles. The Morgan fingerprint density at radius 1 is 1.58 bits per heavy atom. The van der Waals surface area contributed by atoms with Gasteiger partial charge < -0.3 is 5.11 Å². The molecule has 7 heteroatoms. The highest BCUT2D eigenvalue weighted by atomic mass is 79.9. The van der Waals surface area contributed by atoms with Crippen LogP contribution >= 0.6 is 26.6 Å². The summed E-state index contributed by atoms with van der Waals surface area (Å²) in [6, 6.07) is 1.12. The van der Waals surface area contributed by atoms with E-state index in [-0.39, 0.29) is 4.90 Å². The Hall–Kier alpha value is -0.330. The monoisotopic (exact) mass is 271 g/mol. The van der Waals surface area contributed by atoms with E-state index >= 15 is 0 Å². The van der Waals surface area contributed by atoms with Gasteiger partial charge in [-0.3, -0.25) is 0 Å². The van der Waals surface area contributed by atoms with E-state index in [9.17, 15) is 8.42 Å². The summed E-state index contributed by atoms with van der Waals surface area (Å²) in [4.78, 5) is 3.24. The fourth-order valence-electron chi connectivity index (χ4n) is 0.601. The first-order valence-corrected chi connectivity index (χ1v) is 5.80. The van der Waals surface area contributed by atoms with Gasteiger partial charge in [-0.25, -0.2) is 13.4 Å². The van der Waals surface area contributed by atoms with Gasteiger partial charge in [-0.15, -0.1) is 0 Å². The van der Waals surface area contributed by atoms with Crippen LogP contribution in [0.4, 0.5) is 0 Å². The third kappa shape index (κ3) is 2.09. The van der Waals surface area contributed by atoms with Crippen LogP contribution in [-0.2, 0) is 9.05 Å². The van der Waals surface area contributed by atoms with E-state index in [1.54, 1.807) is 0 Å². The molecule has 0 spiro atoms. The van der Waals surface area contributed by atoms with Gasteiger partial charge in [0.1, 0.15) is 9.50 Å². The van der Waals surface area contributed by atoms with Crippen molar-refractivity contribution < 1.29 is 13.5 Å². The summed E-state index contributed by atoms with van der Waals surface area (Å²) in [5.74, 6) is -0.465. The first-order chi connectivity index (χ1) is 5.41. The summed E-state index contributed by atoms with van der Waals surface area (Å²) >= 11 is 2.94. The molecule has 1 heterocycles. The molecule has 0 bridgehead atoms. The molecule has 0 aliphatic carbocycles. The number of hydrogen-bond acceptors (Lipinski definition) is 4. The number of aromatic hydroxyl groups is 1. The topological polar surface area (TPSA) is 67.3 Å². The van der Waals surface area contributed by atoms with Crippen LogP contribution in [0, 0.1) is 0 Å². The number of pyridine rings is 1. The van der Waals surface area contributed by atoms with Crippen LogP contribution in [0.2, 0.25) is 0 Å². The Morgan fingerprint density at radius 2 is 2.17 bits per heavy atom. The van der Waals surface area contributed by atoms with Crippen LogP contribution in [0.25, 0.3) is 0 Å². The molecule has 1 rings (SSSR count). The molecule has 0 aromatic carbocycles. The van der Waals surface area contributed by atoms with Gasteiger partial charge in [-0.05, 0) is 22.0 Å². The van der Waals surface area contributed by atoms with Gasteiger partial charge in [-0.1, -0.05) is 0 Å². The summed E-state index contributed by atoms with van der Waals surface area (Å²) in [5.41, 5.74) is 0. The summed E-state index contributed by atoms with van der Waals surface area (Å²) in [5, 5.41) is 9.02. The van der Waals surface area contributed by atoms with Gasteiger partial charge >= 0.3 is 0 Å². The Balaban J connectivity index is 3.43. The van der Waals surface area contributed by atoms with Crippen molar-refractivity contribution in [3.05, 3.63) is 16.9 Å². The molecule has 0 fully saturated rings. The molecule has 1 aromatic rings. The van der Waals surface area contributed by atoms with Crippen LogP contribution in [0.15, 0.2) is 21.8 Å². The van der Waals surface area contributed by atoms with E-state index in [4.69, 9.17) is 15.8 Å². The highest BCUT2D eigenvalue weighted by Crippen LogP contribution is 2.26. The van der Waals surface area contributed by atoms with Gasteiger partial charge in [0.05, 0.1) is 6.20 Å². The Bertz CT molecular complexity index is 405. The third-order valence-electron chi connectivity index (χ3n) is 1.08. The minimum absolute atomic E-state index is 0.291. The average molecular weight is 273 g/mol. The molecule has 1 N–H and O–H groups in total. The molecule has 0 saturated heterocycles. The second-order valence-corrected chi connectivity index (χ2v) is 5.26. The molecule has 0 radical (unpaired) electrons. The van der Waals surface area contributed by atoms with E-state index in [1.807, 2.05) is 0 Å². The lowest BCUT2D eigenvalue weighted by atomic mass is 10.5. The van der Waals surface area contributed by atoms with Crippen molar-refractivity contribution in [3.8, 4) is 5.75 Å². The zero-order valence-corrected chi connectivity index (χ0v) is 8.69. The first-order valence-electron chi connectivity index (χ1n) is 2.70. The molecule has 0 unspecified atom stereocenters. The van der Waals surface area contributed by atoms with Gasteiger partial charge in [0.2, 0.25) is 0 Å². The van der Waals surface area contributed by atoms with Crippen molar-refractivity contribution >= 4 is 35.7 Å². The lowest BCUT2D eigenvalue weighted by molar-refractivity contribution is 0.456. The number of rotatable bonds is 1. The molecule has 12 heavy (non-hydrogen) atoms. The maximum Gasteiger partial charge on any atom is 0.265 e. The largest absolute Gasteiger partial charge is 0.505 e. The van der Waals surface area contributed by atoms with Crippen molar-refractivity contribution in [1.29, 1.82) is 0 Å². The highest BCUT2D eigenvalue weighted by molar-refractivity contribution is 9.10. The maximum absolute atomic E-state index is 10.8. The minimum atomic E-state index is -3.90. The Labute approximate surface area is 81.7 Å². The molecule has 4 nitrogen and oxygen atoms in total. The fraction of sp³-hybridized carbons (Fsp3) is 0. The number of halogens is 2. The predicted molar refractivity (Wildman–Crippen MR) is 46.6 cm³/mol.